The van der Waals surface area contributed by atoms with Crippen LogP contribution in [0.2, 0.25) is 36.3 Å². The molecule has 0 spiro atoms. The summed E-state index contributed by atoms with van der Waals surface area (Å²) in [6.45, 7) is 29.2. The maximum atomic E-state index is 6.67. The molecule has 0 atom stereocenters. The molecule has 0 bridgehead atoms. The zero-order valence-corrected chi connectivity index (χ0v) is 25.1. The van der Waals surface area contributed by atoms with Gasteiger partial charge in [-0.2, -0.15) is 0 Å². The highest BCUT2D eigenvalue weighted by Gasteiger charge is 2.41. The molecule has 1 aliphatic heterocycles. The summed E-state index contributed by atoms with van der Waals surface area (Å²) in [4.78, 5) is 0. The Hall–Kier alpha value is -1.73. The van der Waals surface area contributed by atoms with Crippen molar-refractivity contribution in [3.05, 3.63) is 41.5 Å². The summed E-state index contributed by atoms with van der Waals surface area (Å²) in [7, 11) is -3.86. The van der Waals surface area contributed by atoms with Crippen molar-refractivity contribution in [3.8, 4) is 28.4 Å². The van der Waals surface area contributed by atoms with Crippen LogP contribution >= 0.6 is 0 Å². The van der Waals surface area contributed by atoms with Gasteiger partial charge in [0.05, 0.1) is 0 Å². The molecule has 5 heteroatoms. The predicted octanol–water partition coefficient (Wildman–Crippen LogP) is 9.06. The van der Waals surface area contributed by atoms with Crippen LogP contribution in [0.1, 0.15) is 66.5 Å². The Kier molecular flexibility index (Phi) is 6.20. The summed E-state index contributed by atoms with van der Waals surface area (Å²) in [6, 6.07) is 10.8. The SMILES string of the molecule is Cc1cc2c(cc1O[Si](C)(C)C(C)(C)C)OC(C)(C)c1cc(O[Si](C)(C)C(C)(C)C)ccc1-2. The maximum absolute atomic E-state index is 6.67. The van der Waals surface area contributed by atoms with Crippen LogP contribution in [0, 0.1) is 6.92 Å². The van der Waals surface area contributed by atoms with Crippen molar-refractivity contribution in [3.63, 3.8) is 0 Å². The van der Waals surface area contributed by atoms with Gasteiger partial charge in [0.15, 0.2) is 0 Å². The summed E-state index contributed by atoms with van der Waals surface area (Å²) in [5.41, 5.74) is 4.20. The molecule has 0 fully saturated rings. The van der Waals surface area contributed by atoms with Gasteiger partial charge in [-0.3, -0.25) is 0 Å². The lowest BCUT2D eigenvalue weighted by atomic mass is 9.85. The van der Waals surface area contributed by atoms with Crippen molar-refractivity contribution >= 4 is 16.6 Å². The lowest BCUT2D eigenvalue weighted by molar-refractivity contribution is 0.105. The average molecular weight is 485 g/mol. The fourth-order valence-corrected chi connectivity index (χ4v) is 5.70. The van der Waals surface area contributed by atoms with Crippen molar-refractivity contribution in [2.24, 2.45) is 0 Å². The molecular formula is C28H44O3Si2. The highest BCUT2D eigenvalue weighted by molar-refractivity contribution is 6.75. The van der Waals surface area contributed by atoms with Crippen LogP contribution in [0.15, 0.2) is 30.3 Å². The monoisotopic (exact) mass is 484 g/mol. The fraction of sp³-hybridized carbons (Fsp3) is 0.571. The van der Waals surface area contributed by atoms with E-state index in [0.717, 1.165) is 28.4 Å². The first-order valence-electron chi connectivity index (χ1n) is 12.1. The van der Waals surface area contributed by atoms with Crippen LogP contribution in [-0.4, -0.2) is 16.6 Å². The lowest BCUT2D eigenvalue weighted by Crippen LogP contribution is -2.44. The van der Waals surface area contributed by atoms with Crippen LogP contribution in [0.5, 0.6) is 17.2 Å². The van der Waals surface area contributed by atoms with Gasteiger partial charge in [-0.05, 0) is 86.4 Å². The summed E-state index contributed by atoms with van der Waals surface area (Å²) in [5.74, 6) is 2.78. The minimum absolute atomic E-state index is 0.141. The van der Waals surface area contributed by atoms with Crippen LogP contribution in [-0.2, 0) is 5.60 Å². The van der Waals surface area contributed by atoms with Crippen molar-refractivity contribution in [2.45, 2.75) is 104 Å². The van der Waals surface area contributed by atoms with E-state index >= 15 is 0 Å². The molecule has 3 nitrogen and oxygen atoms in total. The Bertz CT molecular complexity index is 1050. The summed E-state index contributed by atoms with van der Waals surface area (Å²) < 4.78 is 19.9. The first kappa shape index (κ1) is 25.9. The molecule has 0 aliphatic carbocycles. The topological polar surface area (TPSA) is 27.7 Å². The number of fused-ring (bicyclic) bond motifs is 3. The minimum Gasteiger partial charge on any atom is -0.543 e. The maximum Gasteiger partial charge on any atom is 0.250 e. The van der Waals surface area contributed by atoms with Gasteiger partial charge >= 0.3 is 0 Å². The number of rotatable bonds is 4. The number of hydrogen-bond donors (Lipinski definition) is 0. The molecular weight excluding hydrogens is 440 g/mol. The normalized spacial score (nSPS) is 15.9. The Morgan fingerprint density at radius 1 is 0.758 bits per heavy atom. The third-order valence-electron chi connectivity index (χ3n) is 7.92. The minimum atomic E-state index is -1.94. The van der Waals surface area contributed by atoms with Crippen molar-refractivity contribution in [1.29, 1.82) is 0 Å². The van der Waals surface area contributed by atoms with Crippen molar-refractivity contribution in [1.82, 2.24) is 0 Å². The molecule has 0 saturated carbocycles. The van der Waals surface area contributed by atoms with Gasteiger partial charge in [-0.25, -0.2) is 0 Å². The van der Waals surface area contributed by atoms with Crippen LogP contribution in [0.25, 0.3) is 11.1 Å². The Labute approximate surface area is 204 Å². The molecule has 182 valence electrons. The summed E-state index contributed by atoms with van der Waals surface area (Å²) in [5, 5.41) is 0.293. The van der Waals surface area contributed by atoms with E-state index < -0.39 is 22.2 Å². The number of aryl methyl sites for hydroxylation is 1. The van der Waals surface area contributed by atoms with Gasteiger partial charge in [0, 0.05) is 17.2 Å². The zero-order valence-electron chi connectivity index (χ0n) is 23.1. The third-order valence-corrected chi connectivity index (χ3v) is 16.6. The smallest absolute Gasteiger partial charge is 0.250 e. The first-order valence-corrected chi connectivity index (χ1v) is 17.9. The molecule has 2 aromatic carbocycles. The lowest BCUT2D eigenvalue weighted by Gasteiger charge is -2.39. The van der Waals surface area contributed by atoms with E-state index in [4.69, 9.17) is 13.6 Å². The van der Waals surface area contributed by atoms with Gasteiger partial charge in [-0.1, -0.05) is 47.6 Å². The molecule has 0 N–H and O–H groups in total. The summed E-state index contributed by atoms with van der Waals surface area (Å²) in [6.07, 6.45) is 0. The van der Waals surface area contributed by atoms with Gasteiger partial charge < -0.3 is 13.6 Å². The van der Waals surface area contributed by atoms with Gasteiger partial charge in [0.2, 0.25) is 16.6 Å². The number of hydrogen-bond acceptors (Lipinski definition) is 3. The van der Waals surface area contributed by atoms with Gasteiger partial charge in [0.1, 0.15) is 22.8 Å². The van der Waals surface area contributed by atoms with E-state index in [1.807, 2.05) is 0 Å². The molecule has 0 aromatic heterocycles. The average Bonchev–Trinajstić information content (AvgIpc) is 2.61. The van der Waals surface area contributed by atoms with E-state index in [-0.39, 0.29) is 10.1 Å². The molecule has 33 heavy (non-hydrogen) atoms. The second-order valence-corrected chi connectivity index (χ2v) is 22.6. The van der Waals surface area contributed by atoms with Crippen LogP contribution in [0.4, 0.5) is 0 Å². The molecule has 0 saturated heterocycles. The first-order chi connectivity index (χ1) is 14.8. The van der Waals surface area contributed by atoms with E-state index in [1.165, 1.54) is 11.1 Å². The molecule has 0 amide bonds. The second-order valence-electron chi connectivity index (χ2n) is 13.2. The molecule has 3 rings (SSSR count). The second kappa shape index (κ2) is 7.91. The largest absolute Gasteiger partial charge is 0.543 e. The van der Waals surface area contributed by atoms with E-state index in [1.54, 1.807) is 0 Å². The molecule has 0 unspecified atom stereocenters. The van der Waals surface area contributed by atoms with E-state index in [9.17, 15) is 0 Å². The Morgan fingerprint density at radius 3 is 1.85 bits per heavy atom. The Balaban J connectivity index is 2.05. The quantitative estimate of drug-likeness (QED) is 0.405. The van der Waals surface area contributed by atoms with Gasteiger partial charge in [-0.15, -0.1) is 0 Å². The number of benzene rings is 2. The molecule has 1 heterocycles. The highest BCUT2D eigenvalue weighted by atomic mass is 28.4. The van der Waals surface area contributed by atoms with Crippen LogP contribution < -0.4 is 13.6 Å². The third kappa shape index (κ3) is 4.90. The standard InChI is InChI=1S/C28H44O3Si2/c1-19-16-22-21-15-14-20(30-32(10,11)26(2,3)4)17-23(21)28(8,9)29-25(22)18-24(19)31-33(12,13)27(5,6)7/h14-18H,1-13H3. The number of ether oxygens (including phenoxy) is 1. The fourth-order valence-electron chi connectivity index (χ4n) is 3.60. The molecule has 0 radical (unpaired) electrons. The van der Waals surface area contributed by atoms with E-state index in [2.05, 4.69) is 119 Å². The van der Waals surface area contributed by atoms with Crippen molar-refractivity contribution < 1.29 is 13.6 Å². The highest BCUT2D eigenvalue weighted by Crippen LogP contribution is 2.49. The Morgan fingerprint density at radius 2 is 1.30 bits per heavy atom. The summed E-state index contributed by atoms with van der Waals surface area (Å²) >= 11 is 0. The molecule has 2 aromatic rings. The zero-order chi connectivity index (χ0) is 25.2. The van der Waals surface area contributed by atoms with E-state index in [0.29, 0.717) is 0 Å². The van der Waals surface area contributed by atoms with Gasteiger partial charge in [0.25, 0.3) is 0 Å². The van der Waals surface area contributed by atoms with Crippen molar-refractivity contribution in [2.75, 3.05) is 0 Å². The molecule has 1 aliphatic rings. The van der Waals surface area contributed by atoms with Crippen LogP contribution in [0.3, 0.4) is 0 Å². The predicted molar refractivity (Wildman–Crippen MR) is 146 cm³/mol.